The van der Waals surface area contributed by atoms with Crippen molar-refractivity contribution in [1.82, 2.24) is 5.32 Å². The number of ether oxygens (including phenoxy) is 1. The summed E-state index contributed by atoms with van der Waals surface area (Å²) in [5.41, 5.74) is 3.90. The Balaban J connectivity index is 2.40. The first kappa shape index (κ1) is 14.1. The fraction of sp³-hybridized carbons (Fsp3) is 0.375. The SMILES string of the molecule is CCCNC(c1cscc1C)c1ccccc1OC. The lowest BCUT2D eigenvalue weighted by Gasteiger charge is -2.21. The molecule has 19 heavy (non-hydrogen) atoms. The third-order valence-corrected chi connectivity index (χ3v) is 4.13. The van der Waals surface area contributed by atoms with Gasteiger partial charge in [-0.05, 0) is 47.8 Å². The number of hydrogen-bond donors (Lipinski definition) is 1. The van der Waals surface area contributed by atoms with Crippen LogP contribution in [0.1, 0.15) is 36.1 Å². The summed E-state index contributed by atoms with van der Waals surface area (Å²) in [6.07, 6.45) is 1.12. The van der Waals surface area contributed by atoms with Gasteiger partial charge in [-0.25, -0.2) is 0 Å². The van der Waals surface area contributed by atoms with Crippen molar-refractivity contribution in [3.8, 4) is 5.75 Å². The summed E-state index contributed by atoms with van der Waals surface area (Å²) >= 11 is 1.76. The lowest BCUT2D eigenvalue weighted by atomic mass is 9.97. The summed E-state index contributed by atoms with van der Waals surface area (Å²) in [5, 5.41) is 8.06. The van der Waals surface area contributed by atoms with Crippen LogP contribution >= 0.6 is 11.3 Å². The van der Waals surface area contributed by atoms with Gasteiger partial charge in [-0.2, -0.15) is 11.3 Å². The van der Waals surface area contributed by atoms with Crippen LogP contribution in [0.25, 0.3) is 0 Å². The number of thiophene rings is 1. The maximum absolute atomic E-state index is 5.51. The Bertz CT molecular complexity index is 521. The smallest absolute Gasteiger partial charge is 0.123 e. The van der Waals surface area contributed by atoms with E-state index in [4.69, 9.17) is 4.74 Å². The zero-order valence-corrected chi connectivity index (χ0v) is 12.6. The van der Waals surface area contributed by atoms with Crippen molar-refractivity contribution >= 4 is 11.3 Å². The van der Waals surface area contributed by atoms with Crippen LogP contribution in [0.3, 0.4) is 0 Å². The van der Waals surface area contributed by atoms with E-state index in [2.05, 4.69) is 42.1 Å². The van der Waals surface area contributed by atoms with E-state index in [0.29, 0.717) is 0 Å². The molecule has 0 saturated heterocycles. The second-order valence-electron chi connectivity index (χ2n) is 4.64. The topological polar surface area (TPSA) is 21.3 Å². The summed E-state index contributed by atoms with van der Waals surface area (Å²) < 4.78 is 5.51. The highest BCUT2D eigenvalue weighted by atomic mass is 32.1. The minimum absolute atomic E-state index is 0.211. The van der Waals surface area contributed by atoms with Crippen LogP contribution in [0.15, 0.2) is 35.0 Å². The number of methoxy groups -OCH3 is 1. The van der Waals surface area contributed by atoms with Gasteiger partial charge >= 0.3 is 0 Å². The zero-order chi connectivity index (χ0) is 13.7. The molecule has 102 valence electrons. The first-order valence-corrected chi connectivity index (χ1v) is 7.61. The molecule has 1 atom stereocenters. The maximum atomic E-state index is 5.51. The Kier molecular flexibility index (Phi) is 5.00. The van der Waals surface area contributed by atoms with Gasteiger partial charge in [-0.1, -0.05) is 25.1 Å². The van der Waals surface area contributed by atoms with Crippen molar-refractivity contribution in [1.29, 1.82) is 0 Å². The second-order valence-corrected chi connectivity index (χ2v) is 5.38. The van der Waals surface area contributed by atoms with Gasteiger partial charge in [0, 0.05) is 5.56 Å². The molecule has 2 rings (SSSR count). The van der Waals surface area contributed by atoms with Crippen molar-refractivity contribution in [2.45, 2.75) is 26.3 Å². The quantitative estimate of drug-likeness (QED) is 0.855. The summed E-state index contributed by atoms with van der Waals surface area (Å²) in [4.78, 5) is 0. The Morgan fingerprint density at radius 3 is 2.63 bits per heavy atom. The molecule has 1 N–H and O–H groups in total. The van der Waals surface area contributed by atoms with Crippen LogP contribution in [0.5, 0.6) is 5.75 Å². The third kappa shape index (κ3) is 3.17. The van der Waals surface area contributed by atoms with Crippen LogP contribution in [-0.2, 0) is 0 Å². The molecule has 0 aliphatic heterocycles. The van der Waals surface area contributed by atoms with Gasteiger partial charge in [0.25, 0.3) is 0 Å². The molecule has 0 bridgehead atoms. The fourth-order valence-corrected chi connectivity index (χ4v) is 3.12. The van der Waals surface area contributed by atoms with E-state index >= 15 is 0 Å². The highest BCUT2D eigenvalue weighted by molar-refractivity contribution is 7.08. The number of para-hydroxylation sites is 1. The molecule has 0 fully saturated rings. The van der Waals surface area contributed by atoms with Gasteiger partial charge in [-0.3, -0.25) is 0 Å². The standard InChI is InChI=1S/C16H21NOS/c1-4-9-17-16(14-11-19-10-12(14)2)13-7-5-6-8-15(13)18-3/h5-8,10-11,16-17H,4,9H2,1-3H3. The Hall–Kier alpha value is -1.32. The predicted octanol–water partition coefficient (Wildman–Crippen LogP) is 4.15. The van der Waals surface area contributed by atoms with E-state index in [1.807, 2.05) is 12.1 Å². The van der Waals surface area contributed by atoms with Crippen LogP contribution in [0.2, 0.25) is 0 Å². The molecule has 0 aliphatic carbocycles. The molecule has 0 amide bonds. The number of hydrogen-bond acceptors (Lipinski definition) is 3. The lowest BCUT2D eigenvalue weighted by Crippen LogP contribution is -2.23. The highest BCUT2D eigenvalue weighted by Gasteiger charge is 2.19. The largest absolute Gasteiger partial charge is 0.496 e. The fourth-order valence-electron chi connectivity index (χ4n) is 2.25. The molecule has 1 unspecified atom stereocenters. The van der Waals surface area contributed by atoms with Crippen LogP contribution in [0, 0.1) is 6.92 Å². The normalized spacial score (nSPS) is 12.4. The molecule has 1 aromatic carbocycles. The van der Waals surface area contributed by atoms with Gasteiger partial charge < -0.3 is 10.1 Å². The third-order valence-electron chi connectivity index (χ3n) is 3.25. The lowest BCUT2D eigenvalue weighted by molar-refractivity contribution is 0.404. The average Bonchev–Trinajstić information content (AvgIpc) is 2.86. The summed E-state index contributed by atoms with van der Waals surface area (Å²) in [5.74, 6) is 0.946. The molecule has 1 aromatic heterocycles. The number of nitrogens with one attached hydrogen (secondary N) is 1. The molecule has 0 saturated carbocycles. The molecule has 0 radical (unpaired) electrons. The van der Waals surface area contributed by atoms with E-state index in [1.165, 1.54) is 16.7 Å². The summed E-state index contributed by atoms with van der Waals surface area (Å²) in [7, 11) is 1.73. The summed E-state index contributed by atoms with van der Waals surface area (Å²) in [6, 6.07) is 8.46. The monoisotopic (exact) mass is 275 g/mol. The number of benzene rings is 1. The number of rotatable bonds is 6. The predicted molar refractivity (Wildman–Crippen MR) is 82.2 cm³/mol. The van der Waals surface area contributed by atoms with E-state index in [-0.39, 0.29) is 6.04 Å². The van der Waals surface area contributed by atoms with Gasteiger partial charge in [0.1, 0.15) is 5.75 Å². The Morgan fingerprint density at radius 2 is 2.00 bits per heavy atom. The number of aryl methyl sites for hydroxylation is 1. The van der Waals surface area contributed by atoms with Crippen LogP contribution in [0.4, 0.5) is 0 Å². The van der Waals surface area contributed by atoms with Crippen molar-refractivity contribution in [3.05, 3.63) is 51.7 Å². The maximum Gasteiger partial charge on any atom is 0.123 e. The Labute approximate surface area is 119 Å². The first-order valence-electron chi connectivity index (χ1n) is 6.67. The summed E-state index contributed by atoms with van der Waals surface area (Å²) in [6.45, 7) is 5.35. The van der Waals surface area contributed by atoms with Crippen molar-refractivity contribution in [2.24, 2.45) is 0 Å². The van der Waals surface area contributed by atoms with Gasteiger partial charge in [0.15, 0.2) is 0 Å². The minimum Gasteiger partial charge on any atom is -0.496 e. The average molecular weight is 275 g/mol. The molecule has 0 spiro atoms. The van der Waals surface area contributed by atoms with Gasteiger partial charge in [0.2, 0.25) is 0 Å². The van der Waals surface area contributed by atoms with Crippen molar-refractivity contribution < 1.29 is 4.74 Å². The minimum atomic E-state index is 0.211. The van der Waals surface area contributed by atoms with E-state index < -0.39 is 0 Å². The molecule has 3 heteroatoms. The van der Waals surface area contributed by atoms with Gasteiger partial charge in [-0.15, -0.1) is 0 Å². The van der Waals surface area contributed by atoms with E-state index in [1.54, 1.807) is 18.4 Å². The molecule has 2 nitrogen and oxygen atoms in total. The molecule has 1 heterocycles. The van der Waals surface area contributed by atoms with Crippen LogP contribution in [-0.4, -0.2) is 13.7 Å². The van der Waals surface area contributed by atoms with Crippen molar-refractivity contribution in [3.63, 3.8) is 0 Å². The Morgan fingerprint density at radius 1 is 1.21 bits per heavy atom. The molecule has 2 aromatic rings. The van der Waals surface area contributed by atoms with E-state index in [0.717, 1.165) is 18.7 Å². The first-order chi connectivity index (χ1) is 9.27. The highest BCUT2D eigenvalue weighted by Crippen LogP contribution is 2.32. The molecular weight excluding hydrogens is 254 g/mol. The zero-order valence-electron chi connectivity index (χ0n) is 11.8. The molecular formula is C16H21NOS. The van der Waals surface area contributed by atoms with Gasteiger partial charge in [0.05, 0.1) is 13.2 Å². The van der Waals surface area contributed by atoms with E-state index in [9.17, 15) is 0 Å². The van der Waals surface area contributed by atoms with Crippen LogP contribution < -0.4 is 10.1 Å². The molecule has 0 aliphatic rings. The van der Waals surface area contributed by atoms with Crippen molar-refractivity contribution in [2.75, 3.05) is 13.7 Å². The second kappa shape index (κ2) is 6.73.